The third-order valence-electron chi connectivity index (χ3n) is 14.1. The molecule has 0 bridgehead atoms. The number of allylic oxidation sites excluding steroid dienone is 1. The van der Waals surface area contributed by atoms with Gasteiger partial charge in [0.2, 0.25) is 5.91 Å². The third-order valence-corrected chi connectivity index (χ3v) is 14.1. The van der Waals surface area contributed by atoms with Crippen LogP contribution in [0.4, 0.5) is 0 Å². The molecule has 6 heteroatoms. The van der Waals surface area contributed by atoms with Gasteiger partial charge in [0.1, 0.15) is 6.10 Å². The van der Waals surface area contributed by atoms with Crippen molar-refractivity contribution in [2.45, 2.75) is 182 Å². The molecule has 4 rings (SSSR count). The van der Waals surface area contributed by atoms with E-state index in [1.807, 2.05) is 0 Å². The number of amides is 1. The number of ether oxygens (including phenoxy) is 3. The highest BCUT2D eigenvalue weighted by Crippen LogP contribution is 2.67. The second-order valence-corrected chi connectivity index (χ2v) is 18.9. The van der Waals surface area contributed by atoms with Gasteiger partial charge in [-0.25, -0.2) is 0 Å². The van der Waals surface area contributed by atoms with Crippen LogP contribution in [0.5, 0.6) is 0 Å². The highest BCUT2D eigenvalue weighted by molar-refractivity contribution is 5.81. The van der Waals surface area contributed by atoms with Crippen LogP contribution in [0.15, 0.2) is 11.6 Å². The number of rotatable bonds is 18. The molecule has 2 unspecified atom stereocenters. The van der Waals surface area contributed by atoms with Crippen LogP contribution in [0.1, 0.15) is 165 Å². The predicted molar refractivity (Wildman–Crippen MR) is 200 cm³/mol. The molecule has 282 valence electrons. The lowest BCUT2D eigenvalue weighted by Gasteiger charge is -2.58. The van der Waals surface area contributed by atoms with Crippen molar-refractivity contribution in [1.29, 1.82) is 0 Å². The van der Waals surface area contributed by atoms with E-state index in [4.69, 9.17) is 14.2 Å². The van der Waals surface area contributed by atoms with E-state index >= 15 is 0 Å². The van der Waals surface area contributed by atoms with E-state index in [9.17, 15) is 9.59 Å². The van der Waals surface area contributed by atoms with Crippen LogP contribution in [0.2, 0.25) is 0 Å². The van der Waals surface area contributed by atoms with Crippen LogP contribution < -0.4 is 5.32 Å². The van der Waals surface area contributed by atoms with E-state index in [1.165, 1.54) is 51.4 Å². The quantitative estimate of drug-likeness (QED) is 0.0883. The van der Waals surface area contributed by atoms with E-state index in [0.29, 0.717) is 18.6 Å². The molecule has 0 radical (unpaired) electrons. The molecule has 3 fully saturated rings. The average Bonchev–Trinajstić information content (AvgIpc) is 3.39. The van der Waals surface area contributed by atoms with Crippen molar-refractivity contribution in [2.75, 3.05) is 20.3 Å². The number of carbonyl (C=O) groups excluding carboxylic acids is 2. The lowest BCUT2D eigenvalue weighted by molar-refractivity contribution is -0.152. The molecule has 3 saturated carbocycles. The Kier molecular flexibility index (Phi) is 14.0. The highest BCUT2D eigenvalue weighted by Gasteiger charge is 2.59. The number of hydrogen-bond acceptors (Lipinski definition) is 5. The van der Waals surface area contributed by atoms with Crippen LogP contribution in [0.3, 0.4) is 0 Å². The van der Waals surface area contributed by atoms with Gasteiger partial charge in [-0.2, -0.15) is 0 Å². The molecule has 49 heavy (non-hydrogen) atoms. The zero-order valence-electron chi connectivity index (χ0n) is 33.4. The summed E-state index contributed by atoms with van der Waals surface area (Å²) < 4.78 is 17.6. The summed E-state index contributed by atoms with van der Waals surface area (Å²) in [4.78, 5) is 25.3. The predicted octanol–water partition coefficient (Wildman–Crippen LogP) is 10.2. The molecular formula is C43H75NO5. The monoisotopic (exact) mass is 686 g/mol. The Morgan fingerprint density at radius 1 is 0.918 bits per heavy atom. The number of hydrogen-bond donors (Lipinski definition) is 1. The average molecular weight is 686 g/mol. The van der Waals surface area contributed by atoms with Gasteiger partial charge in [-0.1, -0.05) is 65.5 Å². The van der Waals surface area contributed by atoms with Crippen LogP contribution in [0.25, 0.3) is 0 Å². The Balaban J connectivity index is 1.18. The Morgan fingerprint density at radius 2 is 1.67 bits per heavy atom. The van der Waals surface area contributed by atoms with Gasteiger partial charge in [0.05, 0.1) is 24.2 Å². The minimum absolute atomic E-state index is 0.0560. The molecule has 4 aliphatic rings. The number of carbonyl (C=O) groups is 2. The number of nitrogens with one attached hydrogen (secondary N) is 1. The van der Waals surface area contributed by atoms with Gasteiger partial charge in [-0.15, -0.1) is 0 Å². The SMILES string of the molecule is COC(C)(C)CCOC(C)(C)CCCNC(=O)CCC(=O)O[C@H]1CC[C@@]2(C)C(=CC[C@@H]3C2CC[C@@]2(C)C3CC[C@@H]2[C@H](C)CCCC(C)C)C1. The summed E-state index contributed by atoms with van der Waals surface area (Å²) in [7, 11) is 1.73. The van der Waals surface area contributed by atoms with E-state index < -0.39 is 0 Å². The first-order valence-corrected chi connectivity index (χ1v) is 20.3. The maximum absolute atomic E-state index is 12.8. The summed E-state index contributed by atoms with van der Waals surface area (Å²) in [5.74, 6) is 4.65. The van der Waals surface area contributed by atoms with E-state index in [0.717, 1.165) is 74.0 Å². The summed E-state index contributed by atoms with van der Waals surface area (Å²) in [6.45, 7) is 22.0. The number of esters is 1. The summed E-state index contributed by atoms with van der Waals surface area (Å²) in [5, 5.41) is 2.98. The maximum Gasteiger partial charge on any atom is 0.306 e. The van der Waals surface area contributed by atoms with Crippen LogP contribution >= 0.6 is 0 Å². The van der Waals surface area contributed by atoms with E-state index in [-0.39, 0.29) is 47.4 Å². The van der Waals surface area contributed by atoms with Crippen molar-refractivity contribution in [1.82, 2.24) is 5.32 Å². The van der Waals surface area contributed by atoms with Crippen LogP contribution in [0, 0.1) is 46.3 Å². The minimum atomic E-state index is -0.258. The van der Waals surface area contributed by atoms with Gasteiger partial charge in [0, 0.05) is 26.5 Å². The fourth-order valence-electron chi connectivity index (χ4n) is 10.8. The van der Waals surface area contributed by atoms with Gasteiger partial charge < -0.3 is 19.5 Å². The lowest BCUT2D eigenvalue weighted by Crippen LogP contribution is -2.51. The van der Waals surface area contributed by atoms with E-state index in [2.05, 4.69) is 73.7 Å². The molecule has 0 aromatic heterocycles. The topological polar surface area (TPSA) is 73.9 Å². The second kappa shape index (κ2) is 17.0. The zero-order chi connectivity index (χ0) is 36.0. The normalized spacial score (nSPS) is 32.1. The minimum Gasteiger partial charge on any atom is -0.462 e. The van der Waals surface area contributed by atoms with Gasteiger partial charge in [-0.3, -0.25) is 9.59 Å². The van der Waals surface area contributed by atoms with Crippen molar-refractivity contribution in [3.63, 3.8) is 0 Å². The van der Waals surface area contributed by atoms with Crippen molar-refractivity contribution < 1.29 is 23.8 Å². The molecule has 6 nitrogen and oxygen atoms in total. The number of methoxy groups -OCH3 is 1. The second-order valence-electron chi connectivity index (χ2n) is 18.9. The summed E-state index contributed by atoms with van der Waals surface area (Å²) in [5.41, 5.74) is 1.85. The Labute approximate surface area is 301 Å². The fourth-order valence-corrected chi connectivity index (χ4v) is 10.8. The molecular weight excluding hydrogens is 610 g/mol. The molecule has 4 aliphatic carbocycles. The third kappa shape index (κ3) is 10.4. The molecule has 0 aromatic rings. The smallest absolute Gasteiger partial charge is 0.306 e. The molecule has 0 saturated heterocycles. The standard InChI is InChI=1S/C43H75NO5/c1-30(2)13-11-14-31(3)35-17-18-36-34-16-15-32-29-33(21-24-42(32,8)37(34)22-25-43(35,36)9)49-39(46)20-19-38(45)44-27-12-23-41(6,7)48-28-26-40(4,5)47-10/h15,30-31,33-37H,11-14,16-29H2,1-10H3,(H,44,45)/t31-,33+,34+,35-,36?,37?,42+,43-/m1/s1. The summed E-state index contributed by atoms with van der Waals surface area (Å²) in [6, 6.07) is 0. The van der Waals surface area contributed by atoms with Gasteiger partial charge in [0.25, 0.3) is 0 Å². The Hall–Kier alpha value is -1.40. The summed E-state index contributed by atoms with van der Waals surface area (Å²) in [6.07, 6.45) is 19.2. The Bertz CT molecular complexity index is 1130. The highest BCUT2D eigenvalue weighted by atomic mass is 16.5. The van der Waals surface area contributed by atoms with E-state index in [1.54, 1.807) is 12.7 Å². The van der Waals surface area contributed by atoms with Gasteiger partial charge >= 0.3 is 5.97 Å². The Morgan fingerprint density at radius 3 is 2.39 bits per heavy atom. The first-order valence-electron chi connectivity index (χ1n) is 20.3. The van der Waals surface area contributed by atoms with Crippen molar-refractivity contribution in [3.8, 4) is 0 Å². The first kappa shape index (κ1) is 40.4. The van der Waals surface area contributed by atoms with Crippen molar-refractivity contribution in [3.05, 3.63) is 11.6 Å². The lowest BCUT2D eigenvalue weighted by atomic mass is 9.47. The van der Waals surface area contributed by atoms with Crippen LogP contribution in [-0.4, -0.2) is 49.4 Å². The molecule has 0 aliphatic heterocycles. The molecule has 8 atom stereocenters. The number of fused-ring (bicyclic) bond motifs is 5. The zero-order valence-corrected chi connectivity index (χ0v) is 33.4. The largest absolute Gasteiger partial charge is 0.462 e. The van der Waals surface area contributed by atoms with Crippen LogP contribution in [-0.2, 0) is 23.8 Å². The molecule has 0 spiro atoms. The first-order chi connectivity index (χ1) is 23.0. The molecule has 0 aromatic carbocycles. The van der Waals surface area contributed by atoms with Gasteiger partial charge in [-0.05, 0) is 138 Å². The molecule has 0 heterocycles. The molecule has 1 amide bonds. The summed E-state index contributed by atoms with van der Waals surface area (Å²) >= 11 is 0. The fraction of sp³-hybridized carbons (Fsp3) is 0.907. The molecule has 1 N–H and O–H groups in total. The van der Waals surface area contributed by atoms with Crippen molar-refractivity contribution in [2.24, 2.45) is 46.3 Å². The van der Waals surface area contributed by atoms with Gasteiger partial charge in [0.15, 0.2) is 0 Å². The van der Waals surface area contributed by atoms with Crippen molar-refractivity contribution >= 4 is 11.9 Å². The maximum atomic E-state index is 12.8.